The number of anilines is 3. The van der Waals surface area contributed by atoms with Crippen LogP contribution in [0.2, 0.25) is 0 Å². The van der Waals surface area contributed by atoms with E-state index in [2.05, 4.69) is 323 Å². The van der Waals surface area contributed by atoms with Crippen LogP contribution in [0.4, 0.5) is 17.1 Å². The van der Waals surface area contributed by atoms with Crippen molar-refractivity contribution >= 4 is 60.7 Å². The molecule has 0 radical (unpaired) electrons. The van der Waals surface area contributed by atoms with Gasteiger partial charge in [0.05, 0.1) is 44.3 Å². The van der Waals surface area contributed by atoms with Gasteiger partial charge in [-0.2, -0.15) is 0 Å². The smallest absolute Gasteiger partial charge is 0.0755 e. The minimum atomic E-state index is -0.599. The van der Waals surface area contributed by atoms with Crippen molar-refractivity contribution in [3.05, 3.63) is 354 Å². The van der Waals surface area contributed by atoms with Crippen LogP contribution in [0.25, 0.3) is 88.4 Å². The van der Waals surface area contributed by atoms with Gasteiger partial charge in [0.25, 0.3) is 0 Å². The van der Waals surface area contributed by atoms with Gasteiger partial charge in [0.15, 0.2) is 0 Å². The Labute approximate surface area is 481 Å². The van der Waals surface area contributed by atoms with Crippen molar-refractivity contribution < 1.29 is 0 Å². The topological polar surface area (TPSA) is 13.1 Å². The third-order valence-corrected chi connectivity index (χ3v) is 18.8. The number of hydrogen-bond acceptors (Lipinski definition) is 1. The molecule has 3 heterocycles. The highest BCUT2D eigenvalue weighted by molar-refractivity contribution is 6.13. The second kappa shape index (κ2) is 17.4. The van der Waals surface area contributed by atoms with E-state index in [1.165, 1.54) is 122 Å². The monoisotopic (exact) mass is 1050 g/mol. The zero-order valence-corrected chi connectivity index (χ0v) is 45.3. The molecule has 0 N–H and O–H groups in total. The maximum Gasteiger partial charge on any atom is 0.0755 e. The lowest BCUT2D eigenvalue weighted by molar-refractivity contribution is 0.748. The predicted molar refractivity (Wildman–Crippen MR) is 343 cm³/mol. The van der Waals surface area contributed by atoms with E-state index in [0.29, 0.717) is 0 Å². The summed E-state index contributed by atoms with van der Waals surface area (Å²) in [5, 5.41) is 5.07. The van der Waals surface area contributed by atoms with Crippen LogP contribution in [0, 0.1) is 0 Å². The number of rotatable bonds is 7. The minimum Gasteiger partial charge on any atom is -0.310 e. The molecule has 2 aromatic heterocycles. The molecule has 1 spiro atoms. The molecule has 386 valence electrons. The first-order valence-corrected chi connectivity index (χ1v) is 28.9. The van der Waals surface area contributed by atoms with Crippen LogP contribution < -0.4 is 4.90 Å². The molecule has 1 unspecified atom stereocenters. The average Bonchev–Trinajstić information content (AvgIpc) is 1.60. The van der Waals surface area contributed by atoms with Crippen LogP contribution in [0.5, 0.6) is 0 Å². The summed E-state index contributed by atoms with van der Waals surface area (Å²) in [5.41, 5.74) is 27.1. The van der Waals surface area contributed by atoms with Crippen molar-refractivity contribution in [3.63, 3.8) is 0 Å². The first kappa shape index (κ1) is 46.1. The highest BCUT2D eigenvalue weighted by atomic mass is 15.1. The molecular formula is C80H51N3. The molecule has 0 amide bonds. The molecule has 0 fully saturated rings. The molecule has 83 heavy (non-hydrogen) atoms. The standard InChI is InChI=1S/C80H51N3/c1-2-20-54(21-3-1)79(66-29-10-4-22-59(66)60-23-5-11-30-67(60)79)55-44-50-57(51-45-55)81(56-46-40-52(41-47-56)53-42-48-58(49-43-53)82-72-35-14-7-24-61(72)62-25-8-15-36-73(62)82)76-39-19-33-70-77(76)65-27-6-12-31-68(65)80(70)69-32-13-17-38-75(69)83-74-37-16-9-26-63(74)64-28-18-34-71(80)78(64)83/h1-51H. The van der Waals surface area contributed by atoms with Crippen molar-refractivity contribution in [3.8, 4) is 44.8 Å². The lowest BCUT2D eigenvalue weighted by Crippen LogP contribution is -2.33. The highest BCUT2D eigenvalue weighted by Crippen LogP contribution is 2.64. The lowest BCUT2D eigenvalue weighted by atomic mass is 9.65. The Morgan fingerprint density at radius 1 is 0.265 bits per heavy atom. The third-order valence-electron chi connectivity index (χ3n) is 18.8. The van der Waals surface area contributed by atoms with Crippen molar-refractivity contribution in [2.75, 3.05) is 4.90 Å². The normalized spacial score (nSPS) is 14.9. The molecule has 1 atom stereocenters. The third kappa shape index (κ3) is 6.12. The first-order chi connectivity index (χ1) is 41.2. The molecule has 1 aliphatic heterocycles. The highest BCUT2D eigenvalue weighted by Gasteiger charge is 2.52. The summed E-state index contributed by atoms with van der Waals surface area (Å²) < 4.78 is 4.92. The van der Waals surface area contributed by atoms with E-state index in [4.69, 9.17) is 0 Å². The number of aromatic nitrogens is 2. The van der Waals surface area contributed by atoms with Gasteiger partial charge in [-0.1, -0.05) is 243 Å². The molecule has 0 saturated heterocycles. The van der Waals surface area contributed by atoms with Gasteiger partial charge in [0.2, 0.25) is 0 Å². The summed E-state index contributed by atoms with van der Waals surface area (Å²) in [6.45, 7) is 0. The number of fused-ring (bicyclic) bond motifs is 18. The maximum atomic E-state index is 2.53. The van der Waals surface area contributed by atoms with Gasteiger partial charge in [-0.05, 0) is 139 Å². The molecule has 2 aliphatic carbocycles. The molecule has 15 aromatic rings. The van der Waals surface area contributed by atoms with E-state index >= 15 is 0 Å². The van der Waals surface area contributed by atoms with E-state index in [1.807, 2.05) is 0 Å². The molecule has 3 heteroatoms. The fraction of sp³-hybridized carbons (Fsp3) is 0.0250. The fourth-order valence-corrected chi connectivity index (χ4v) is 15.6. The van der Waals surface area contributed by atoms with Gasteiger partial charge in [0.1, 0.15) is 0 Å². The average molecular weight is 1050 g/mol. The van der Waals surface area contributed by atoms with Gasteiger partial charge >= 0.3 is 0 Å². The zero-order valence-electron chi connectivity index (χ0n) is 45.3. The van der Waals surface area contributed by atoms with Crippen molar-refractivity contribution in [1.82, 2.24) is 9.13 Å². The van der Waals surface area contributed by atoms with Crippen LogP contribution in [-0.2, 0) is 10.8 Å². The summed E-state index contributed by atoms with van der Waals surface area (Å²) in [7, 11) is 0. The van der Waals surface area contributed by atoms with Gasteiger partial charge in [0, 0.05) is 44.2 Å². The number of hydrogen-bond donors (Lipinski definition) is 0. The van der Waals surface area contributed by atoms with Gasteiger partial charge in [-0.25, -0.2) is 0 Å². The number of para-hydroxylation sites is 5. The number of benzene rings is 13. The van der Waals surface area contributed by atoms with Crippen LogP contribution in [0.15, 0.2) is 309 Å². The van der Waals surface area contributed by atoms with Crippen molar-refractivity contribution in [2.24, 2.45) is 0 Å². The number of nitrogens with zero attached hydrogens (tertiary/aromatic N) is 3. The largest absolute Gasteiger partial charge is 0.310 e. The summed E-state index contributed by atoms with van der Waals surface area (Å²) in [6, 6.07) is 116. The van der Waals surface area contributed by atoms with Crippen molar-refractivity contribution in [2.45, 2.75) is 10.8 Å². The molecule has 3 aliphatic rings. The Morgan fingerprint density at radius 2 is 0.699 bits per heavy atom. The van der Waals surface area contributed by atoms with Gasteiger partial charge < -0.3 is 14.0 Å². The van der Waals surface area contributed by atoms with Crippen molar-refractivity contribution in [1.29, 1.82) is 0 Å². The van der Waals surface area contributed by atoms with Crippen LogP contribution in [-0.4, -0.2) is 9.13 Å². The summed E-state index contributed by atoms with van der Waals surface area (Å²) in [5.74, 6) is 0. The Balaban J connectivity index is 0.840. The molecule has 0 bridgehead atoms. The Kier molecular flexibility index (Phi) is 9.64. The summed E-state index contributed by atoms with van der Waals surface area (Å²) in [4.78, 5) is 2.52. The first-order valence-electron chi connectivity index (χ1n) is 28.9. The Bertz CT molecular complexity index is 5040. The van der Waals surface area contributed by atoms with E-state index in [1.54, 1.807) is 0 Å². The van der Waals surface area contributed by atoms with E-state index in [0.717, 1.165) is 28.3 Å². The Hall–Kier alpha value is -10.7. The van der Waals surface area contributed by atoms with E-state index in [-0.39, 0.29) is 0 Å². The molecule has 13 aromatic carbocycles. The maximum absolute atomic E-state index is 2.53. The Morgan fingerprint density at radius 3 is 1.34 bits per heavy atom. The van der Waals surface area contributed by atoms with Gasteiger partial charge in [-0.3, -0.25) is 0 Å². The molecular weight excluding hydrogens is 1000 g/mol. The quantitative estimate of drug-likeness (QED) is 0.155. The molecule has 18 rings (SSSR count). The predicted octanol–water partition coefficient (Wildman–Crippen LogP) is 20.1. The van der Waals surface area contributed by atoms with Crippen LogP contribution >= 0.6 is 0 Å². The molecule has 0 saturated carbocycles. The SMILES string of the molecule is c1ccc(C2(c3ccc(N(c4ccc(-c5ccc(-n6c7ccccc7c7ccccc76)cc5)cc4)c4cccc5c4-c4ccccc4C54c5ccccc5-n5c6ccccc6c6cccc4c65)cc3)c3ccccc3-c3ccccc32)cc1. The van der Waals surface area contributed by atoms with E-state index < -0.39 is 10.8 Å². The fourth-order valence-electron chi connectivity index (χ4n) is 15.6. The van der Waals surface area contributed by atoms with Crippen LogP contribution in [0.3, 0.4) is 0 Å². The second-order valence-electron chi connectivity index (χ2n) is 22.6. The second-order valence-corrected chi connectivity index (χ2v) is 22.6. The minimum absolute atomic E-state index is 0.520. The van der Waals surface area contributed by atoms with Gasteiger partial charge in [-0.15, -0.1) is 0 Å². The lowest BCUT2D eigenvalue weighted by Gasteiger charge is -2.39. The zero-order chi connectivity index (χ0) is 54.4. The van der Waals surface area contributed by atoms with Crippen LogP contribution in [0.1, 0.15) is 44.5 Å². The van der Waals surface area contributed by atoms with E-state index in [9.17, 15) is 0 Å². The molecule has 3 nitrogen and oxygen atoms in total. The summed E-state index contributed by atoms with van der Waals surface area (Å²) in [6.07, 6.45) is 0. The summed E-state index contributed by atoms with van der Waals surface area (Å²) >= 11 is 0.